The molecule has 3 aromatic heterocycles. The van der Waals surface area contributed by atoms with Gasteiger partial charge in [0.25, 0.3) is 0 Å². The van der Waals surface area contributed by atoms with E-state index in [-0.39, 0.29) is 23.0 Å². The number of fused-ring (bicyclic) bond motifs is 2. The molecule has 8 heteroatoms. The first-order chi connectivity index (χ1) is 18.3. The van der Waals surface area contributed by atoms with Crippen LogP contribution in [0.4, 0.5) is 9.18 Å². The monoisotopic (exact) mass is 524 g/mol. The molecule has 0 spiro atoms. The summed E-state index contributed by atoms with van der Waals surface area (Å²) in [5.41, 5.74) is 6.12. The van der Waals surface area contributed by atoms with Crippen molar-refractivity contribution < 1.29 is 14.0 Å². The molecule has 5 aromatic rings. The second-order valence-corrected chi connectivity index (χ2v) is 10.6. The van der Waals surface area contributed by atoms with E-state index in [9.17, 15) is 14.0 Å². The average molecular weight is 525 g/mol. The zero-order chi connectivity index (χ0) is 26.6. The zero-order valence-corrected chi connectivity index (χ0v) is 22.0. The normalized spacial score (nSPS) is 14.6. The molecule has 1 amide bonds. The lowest BCUT2D eigenvalue weighted by molar-refractivity contribution is 0.103. The van der Waals surface area contributed by atoms with Gasteiger partial charge in [-0.2, -0.15) is 0 Å². The minimum atomic E-state index is -0.311. The largest absolute Gasteiger partial charge is 0.333 e. The summed E-state index contributed by atoms with van der Waals surface area (Å²) in [6.45, 7) is 1.82. The molecule has 4 heterocycles. The number of pyridine rings is 1. The van der Waals surface area contributed by atoms with E-state index in [1.807, 2.05) is 55.7 Å². The number of carbonyl (C=O) groups is 2. The molecule has 0 radical (unpaired) electrons. The highest BCUT2D eigenvalue weighted by Gasteiger charge is 2.32. The van der Waals surface area contributed by atoms with Gasteiger partial charge in [-0.25, -0.2) is 9.18 Å². The van der Waals surface area contributed by atoms with Gasteiger partial charge in [-0.05, 0) is 48.4 Å². The van der Waals surface area contributed by atoms with Crippen LogP contribution in [0.1, 0.15) is 38.2 Å². The number of benzene rings is 2. The van der Waals surface area contributed by atoms with Gasteiger partial charge in [0, 0.05) is 66.3 Å². The molecule has 38 heavy (non-hydrogen) atoms. The molecule has 1 atom stereocenters. The maximum absolute atomic E-state index is 14.1. The fraction of sp³-hybridized carbons (Fsp3) is 0.167. The molecule has 0 N–H and O–H groups in total. The van der Waals surface area contributed by atoms with E-state index in [2.05, 4.69) is 9.55 Å². The smallest absolute Gasteiger partial charge is 0.328 e. The molecular formula is C30H25FN4O2S. The first-order valence-electron chi connectivity index (χ1n) is 12.2. The summed E-state index contributed by atoms with van der Waals surface area (Å²) in [4.78, 5) is 33.2. The van der Waals surface area contributed by atoms with E-state index in [1.165, 1.54) is 17.0 Å². The third-order valence-electron chi connectivity index (χ3n) is 7.05. The van der Waals surface area contributed by atoms with E-state index >= 15 is 0 Å². The number of thioether (sulfide) groups is 1. The molecule has 0 fully saturated rings. The summed E-state index contributed by atoms with van der Waals surface area (Å²) >= 11 is 1.76. The minimum Gasteiger partial charge on any atom is -0.333 e. The summed E-state index contributed by atoms with van der Waals surface area (Å²) in [5, 5.41) is 0.777. The van der Waals surface area contributed by atoms with Crippen LogP contribution in [0, 0.1) is 12.7 Å². The lowest BCUT2D eigenvalue weighted by atomic mass is 9.98. The Balaban J connectivity index is 1.48. The van der Waals surface area contributed by atoms with Crippen LogP contribution < -0.4 is 0 Å². The third-order valence-corrected chi connectivity index (χ3v) is 8.31. The molecule has 6 nitrogen and oxygen atoms in total. The average Bonchev–Trinajstić information content (AvgIpc) is 3.60. The molecular weight excluding hydrogens is 499 g/mol. The van der Waals surface area contributed by atoms with Gasteiger partial charge in [-0.15, -0.1) is 11.8 Å². The Hall–Kier alpha value is -4.17. The van der Waals surface area contributed by atoms with Crippen LogP contribution in [0.5, 0.6) is 0 Å². The van der Waals surface area contributed by atoms with Gasteiger partial charge in [-0.3, -0.25) is 14.3 Å². The maximum Gasteiger partial charge on any atom is 0.328 e. The van der Waals surface area contributed by atoms with Crippen molar-refractivity contribution >= 4 is 34.5 Å². The van der Waals surface area contributed by atoms with Crippen molar-refractivity contribution in [3.8, 4) is 11.1 Å². The van der Waals surface area contributed by atoms with Crippen molar-refractivity contribution in [1.82, 2.24) is 19.0 Å². The summed E-state index contributed by atoms with van der Waals surface area (Å²) in [5.74, 6) is 0.290. The van der Waals surface area contributed by atoms with Crippen molar-refractivity contribution in [2.24, 2.45) is 0 Å². The van der Waals surface area contributed by atoms with Gasteiger partial charge in [-0.1, -0.05) is 30.3 Å². The number of ketones is 1. The molecule has 0 unspecified atom stereocenters. The predicted molar refractivity (Wildman–Crippen MR) is 148 cm³/mol. The highest BCUT2D eigenvalue weighted by atomic mass is 32.2. The number of carbonyl (C=O) groups excluding carboxylic acids is 2. The van der Waals surface area contributed by atoms with Crippen molar-refractivity contribution in [1.29, 1.82) is 0 Å². The summed E-state index contributed by atoms with van der Waals surface area (Å²) in [6, 6.07) is 17.5. The number of rotatable bonds is 4. The first kappa shape index (κ1) is 24.2. The third kappa shape index (κ3) is 3.83. The molecule has 0 saturated heterocycles. The second-order valence-electron chi connectivity index (χ2n) is 9.57. The number of amides is 1. The molecule has 1 aliphatic heterocycles. The Bertz CT molecular complexity index is 1700. The minimum absolute atomic E-state index is 0.0660. The first-order valence-corrected chi connectivity index (χ1v) is 13.3. The molecule has 0 saturated carbocycles. The SMILES string of the molecule is Cc1c(C(=O)c2ccn3c2CS[C@H]3c2cccnc2)c2ccc(-c3ccc(F)cc3)cc2n1C(=O)N(C)C. The van der Waals surface area contributed by atoms with Crippen LogP contribution in [0.25, 0.3) is 22.0 Å². The Kier molecular flexibility index (Phi) is 5.91. The van der Waals surface area contributed by atoms with Crippen LogP contribution in [0.2, 0.25) is 0 Å². The Morgan fingerprint density at radius 1 is 1.05 bits per heavy atom. The highest BCUT2D eigenvalue weighted by molar-refractivity contribution is 7.99. The second kappa shape index (κ2) is 9.29. The van der Waals surface area contributed by atoms with Crippen LogP contribution >= 0.6 is 11.8 Å². The summed E-state index contributed by atoms with van der Waals surface area (Å²) < 4.78 is 17.2. The summed E-state index contributed by atoms with van der Waals surface area (Å²) in [7, 11) is 3.38. The van der Waals surface area contributed by atoms with Crippen LogP contribution in [0.3, 0.4) is 0 Å². The fourth-order valence-electron chi connectivity index (χ4n) is 5.18. The number of nitrogens with zero attached hydrogens (tertiary/aromatic N) is 4. The quantitative estimate of drug-likeness (QED) is 0.252. The lowest BCUT2D eigenvalue weighted by Crippen LogP contribution is -2.28. The lowest BCUT2D eigenvalue weighted by Gasteiger charge is -2.14. The van der Waals surface area contributed by atoms with E-state index in [4.69, 9.17) is 0 Å². The molecule has 2 aromatic carbocycles. The zero-order valence-electron chi connectivity index (χ0n) is 21.2. The Morgan fingerprint density at radius 3 is 2.53 bits per heavy atom. The predicted octanol–water partition coefficient (Wildman–Crippen LogP) is 6.51. The highest BCUT2D eigenvalue weighted by Crippen LogP contribution is 2.43. The fourth-order valence-corrected chi connectivity index (χ4v) is 6.49. The van der Waals surface area contributed by atoms with Gasteiger partial charge >= 0.3 is 6.03 Å². The van der Waals surface area contributed by atoms with E-state index in [1.54, 1.807) is 48.8 Å². The van der Waals surface area contributed by atoms with Crippen LogP contribution in [-0.2, 0) is 5.75 Å². The summed E-state index contributed by atoms with van der Waals surface area (Å²) in [6.07, 6.45) is 5.58. The van der Waals surface area contributed by atoms with Crippen molar-refractivity contribution in [3.63, 3.8) is 0 Å². The van der Waals surface area contributed by atoms with Gasteiger partial charge in [0.05, 0.1) is 11.1 Å². The molecule has 190 valence electrons. The van der Waals surface area contributed by atoms with Crippen molar-refractivity contribution in [2.75, 3.05) is 14.1 Å². The van der Waals surface area contributed by atoms with Crippen LogP contribution in [-0.4, -0.2) is 44.9 Å². The number of halogens is 1. The van der Waals surface area contributed by atoms with E-state index < -0.39 is 0 Å². The molecule has 1 aliphatic rings. The van der Waals surface area contributed by atoms with Gasteiger partial charge in [0.2, 0.25) is 0 Å². The molecule has 0 aliphatic carbocycles. The maximum atomic E-state index is 14.1. The topological polar surface area (TPSA) is 60.1 Å². The van der Waals surface area contributed by atoms with Gasteiger partial charge in [0.15, 0.2) is 5.78 Å². The number of hydrogen-bond acceptors (Lipinski definition) is 4. The Labute approximate surface area is 223 Å². The molecule has 0 bridgehead atoms. The van der Waals surface area contributed by atoms with E-state index in [0.29, 0.717) is 33.5 Å². The number of hydrogen-bond donors (Lipinski definition) is 0. The van der Waals surface area contributed by atoms with E-state index in [0.717, 1.165) is 22.4 Å². The Morgan fingerprint density at radius 2 is 1.82 bits per heavy atom. The number of aromatic nitrogens is 3. The van der Waals surface area contributed by atoms with Gasteiger partial charge < -0.3 is 9.47 Å². The van der Waals surface area contributed by atoms with Crippen molar-refractivity contribution in [2.45, 2.75) is 18.1 Å². The molecule has 6 rings (SSSR count). The van der Waals surface area contributed by atoms with Crippen LogP contribution in [0.15, 0.2) is 79.3 Å². The standard InChI is InChI=1S/C30H25FN4O2S/c1-18-27(28(36)24-12-14-34-26(24)17-38-29(34)21-5-4-13-32-16-21)23-11-8-20(19-6-9-22(31)10-7-19)15-25(23)35(18)30(37)33(2)3/h4-16,29H,17H2,1-3H3/t29-/m0/s1. The van der Waals surface area contributed by atoms with Crippen molar-refractivity contribution in [3.05, 3.63) is 113 Å². The van der Waals surface area contributed by atoms with Gasteiger partial charge in [0.1, 0.15) is 11.2 Å².